The van der Waals surface area contributed by atoms with Crippen molar-refractivity contribution in [2.75, 3.05) is 0 Å². The molecule has 1 rings (SSSR count). The van der Waals surface area contributed by atoms with E-state index in [1.807, 2.05) is 13.8 Å². The van der Waals surface area contributed by atoms with Gasteiger partial charge in [0.15, 0.2) is 0 Å². The third-order valence-electron chi connectivity index (χ3n) is 3.13. The number of ether oxygens (including phenoxy) is 1. The van der Waals surface area contributed by atoms with Gasteiger partial charge in [-0.15, -0.1) is 13.2 Å². The summed E-state index contributed by atoms with van der Waals surface area (Å²) >= 11 is 0. The van der Waals surface area contributed by atoms with Crippen LogP contribution in [0.2, 0.25) is 0 Å². The highest BCUT2D eigenvalue weighted by Crippen LogP contribution is 2.34. The molecule has 5 heteroatoms. The highest BCUT2D eigenvalue weighted by atomic mass is 19.4. The summed E-state index contributed by atoms with van der Waals surface area (Å²) in [6.45, 7) is 3.88. The second-order valence-corrected chi connectivity index (χ2v) is 4.37. The third kappa shape index (κ3) is 3.88. The van der Waals surface area contributed by atoms with Crippen LogP contribution in [-0.4, -0.2) is 6.36 Å². The Morgan fingerprint density at radius 2 is 1.74 bits per heavy atom. The van der Waals surface area contributed by atoms with Gasteiger partial charge in [0.2, 0.25) is 0 Å². The molecule has 0 N–H and O–H groups in total. The van der Waals surface area contributed by atoms with Crippen LogP contribution in [0.4, 0.5) is 13.2 Å². The normalized spacial score (nSPS) is 14.5. The van der Waals surface area contributed by atoms with Gasteiger partial charge in [0.25, 0.3) is 0 Å². The molecule has 19 heavy (non-hydrogen) atoms. The van der Waals surface area contributed by atoms with Crippen LogP contribution >= 0.6 is 0 Å². The van der Waals surface area contributed by atoms with Crippen LogP contribution in [0.3, 0.4) is 0 Å². The quantitative estimate of drug-likeness (QED) is 0.786. The Hall–Kier alpha value is -1.70. The molecule has 0 bridgehead atoms. The van der Waals surface area contributed by atoms with Crippen molar-refractivity contribution in [3.05, 3.63) is 29.8 Å². The molecule has 1 aromatic carbocycles. The molecular weight excluding hydrogens is 255 g/mol. The van der Waals surface area contributed by atoms with Gasteiger partial charge in [-0.3, -0.25) is 0 Å². The number of rotatable bonds is 5. The van der Waals surface area contributed by atoms with E-state index >= 15 is 0 Å². The first-order valence-electron chi connectivity index (χ1n) is 6.14. The maximum absolute atomic E-state index is 12.1. The summed E-state index contributed by atoms with van der Waals surface area (Å²) in [4.78, 5) is 0. The number of hydrogen-bond donors (Lipinski definition) is 0. The van der Waals surface area contributed by atoms with Crippen molar-refractivity contribution < 1.29 is 17.9 Å². The summed E-state index contributed by atoms with van der Waals surface area (Å²) in [5, 5.41) is 9.36. The SMILES string of the molecule is CCCC(C#N)(CC)c1ccc(OC(F)(F)F)cc1. The molecule has 0 fully saturated rings. The van der Waals surface area contributed by atoms with E-state index in [2.05, 4.69) is 10.8 Å². The summed E-state index contributed by atoms with van der Waals surface area (Å²) < 4.78 is 40.0. The van der Waals surface area contributed by atoms with Crippen molar-refractivity contribution in [3.63, 3.8) is 0 Å². The van der Waals surface area contributed by atoms with Gasteiger partial charge >= 0.3 is 6.36 Å². The number of nitrogens with zero attached hydrogens (tertiary/aromatic N) is 1. The molecule has 104 valence electrons. The zero-order valence-corrected chi connectivity index (χ0v) is 10.9. The van der Waals surface area contributed by atoms with Gasteiger partial charge in [-0.1, -0.05) is 32.4 Å². The van der Waals surface area contributed by atoms with Gasteiger partial charge in [-0.25, -0.2) is 0 Å². The largest absolute Gasteiger partial charge is 0.573 e. The molecular formula is C14H16F3NO. The van der Waals surface area contributed by atoms with Gasteiger partial charge < -0.3 is 4.74 Å². The highest BCUT2D eigenvalue weighted by Gasteiger charge is 2.32. The Bertz CT molecular complexity index is 447. The number of benzene rings is 1. The summed E-state index contributed by atoms with van der Waals surface area (Å²) in [6, 6.07) is 7.85. The van der Waals surface area contributed by atoms with E-state index in [1.54, 1.807) is 0 Å². The summed E-state index contributed by atoms with van der Waals surface area (Å²) in [6.07, 6.45) is -2.56. The maximum atomic E-state index is 12.1. The lowest BCUT2D eigenvalue weighted by atomic mass is 9.76. The summed E-state index contributed by atoms with van der Waals surface area (Å²) in [5.41, 5.74) is 0.0970. The number of halogens is 3. The Morgan fingerprint density at radius 1 is 1.16 bits per heavy atom. The van der Waals surface area contributed by atoms with E-state index in [0.717, 1.165) is 12.0 Å². The first kappa shape index (κ1) is 15.4. The fourth-order valence-electron chi connectivity index (χ4n) is 2.13. The molecule has 0 saturated heterocycles. The molecule has 0 aliphatic heterocycles. The Kier molecular flexibility index (Phi) is 4.82. The first-order valence-corrected chi connectivity index (χ1v) is 6.14. The van der Waals surface area contributed by atoms with Crippen LogP contribution in [0, 0.1) is 11.3 Å². The molecule has 2 nitrogen and oxygen atoms in total. The van der Waals surface area contributed by atoms with E-state index in [1.165, 1.54) is 24.3 Å². The predicted octanol–water partition coefficient (Wildman–Crippen LogP) is 4.56. The lowest BCUT2D eigenvalue weighted by Gasteiger charge is -2.25. The molecule has 0 saturated carbocycles. The molecule has 0 aliphatic rings. The number of nitriles is 1. The average Bonchev–Trinajstić information content (AvgIpc) is 2.35. The van der Waals surface area contributed by atoms with Crippen molar-refractivity contribution in [1.29, 1.82) is 5.26 Å². The van der Waals surface area contributed by atoms with E-state index in [-0.39, 0.29) is 5.75 Å². The van der Waals surface area contributed by atoms with Gasteiger partial charge in [-0.2, -0.15) is 5.26 Å². The molecule has 1 atom stereocenters. The highest BCUT2D eigenvalue weighted by molar-refractivity contribution is 5.36. The molecule has 0 aromatic heterocycles. The van der Waals surface area contributed by atoms with Gasteiger partial charge in [-0.05, 0) is 30.5 Å². The van der Waals surface area contributed by atoms with Crippen molar-refractivity contribution >= 4 is 0 Å². The molecule has 1 unspecified atom stereocenters. The first-order chi connectivity index (χ1) is 8.87. The molecule has 1 aromatic rings. The Morgan fingerprint density at radius 3 is 2.11 bits per heavy atom. The van der Waals surface area contributed by atoms with Crippen LogP contribution in [0.15, 0.2) is 24.3 Å². The van der Waals surface area contributed by atoms with E-state index in [4.69, 9.17) is 0 Å². The number of alkyl halides is 3. The second kappa shape index (κ2) is 5.96. The summed E-state index contributed by atoms with van der Waals surface area (Å²) in [5.74, 6) is -0.268. The van der Waals surface area contributed by atoms with E-state index in [9.17, 15) is 18.4 Å². The van der Waals surface area contributed by atoms with Crippen molar-refractivity contribution in [1.82, 2.24) is 0 Å². The third-order valence-corrected chi connectivity index (χ3v) is 3.13. The van der Waals surface area contributed by atoms with Gasteiger partial charge in [0.1, 0.15) is 5.75 Å². The molecule has 0 heterocycles. The predicted molar refractivity (Wildman–Crippen MR) is 65.6 cm³/mol. The Balaban J connectivity index is 3.00. The van der Waals surface area contributed by atoms with Crippen LogP contribution in [-0.2, 0) is 5.41 Å². The van der Waals surface area contributed by atoms with Crippen LogP contribution in [0.25, 0.3) is 0 Å². The lowest BCUT2D eigenvalue weighted by molar-refractivity contribution is -0.274. The van der Waals surface area contributed by atoms with Crippen LogP contribution in [0.1, 0.15) is 38.7 Å². The average molecular weight is 271 g/mol. The van der Waals surface area contributed by atoms with Crippen LogP contribution < -0.4 is 4.74 Å². The zero-order chi connectivity index (χ0) is 14.5. The standard InChI is InChI=1S/C14H16F3NO/c1-3-9-13(4-2,10-18)11-5-7-12(8-6-11)19-14(15,16)17/h5-8H,3-4,9H2,1-2H3. The lowest BCUT2D eigenvalue weighted by Crippen LogP contribution is -2.23. The molecule has 0 spiro atoms. The molecule has 0 amide bonds. The van der Waals surface area contributed by atoms with Crippen molar-refractivity contribution in [3.8, 4) is 11.8 Å². The fourth-order valence-corrected chi connectivity index (χ4v) is 2.13. The van der Waals surface area contributed by atoms with Gasteiger partial charge in [0, 0.05) is 0 Å². The van der Waals surface area contributed by atoms with E-state index in [0.29, 0.717) is 12.8 Å². The molecule has 0 radical (unpaired) electrons. The number of hydrogen-bond acceptors (Lipinski definition) is 2. The second-order valence-electron chi connectivity index (χ2n) is 4.37. The fraction of sp³-hybridized carbons (Fsp3) is 0.500. The minimum Gasteiger partial charge on any atom is -0.406 e. The van der Waals surface area contributed by atoms with Crippen molar-refractivity contribution in [2.45, 2.75) is 44.9 Å². The summed E-state index contributed by atoms with van der Waals surface area (Å²) in [7, 11) is 0. The molecule has 0 aliphatic carbocycles. The van der Waals surface area contributed by atoms with Crippen molar-refractivity contribution in [2.24, 2.45) is 0 Å². The van der Waals surface area contributed by atoms with Gasteiger partial charge in [0.05, 0.1) is 11.5 Å². The van der Waals surface area contributed by atoms with Crippen LogP contribution in [0.5, 0.6) is 5.75 Å². The minimum atomic E-state index is -4.69. The monoisotopic (exact) mass is 271 g/mol. The topological polar surface area (TPSA) is 33.0 Å². The smallest absolute Gasteiger partial charge is 0.406 e. The Labute approximate surface area is 110 Å². The maximum Gasteiger partial charge on any atom is 0.573 e. The zero-order valence-electron chi connectivity index (χ0n) is 10.9. The minimum absolute atomic E-state index is 0.268. The van der Waals surface area contributed by atoms with E-state index < -0.39 is 11.8 Å².